The summed E-state index contributed by atoms with van der Waals surface area (Å²) < 4.78 is 0. The van der Waals surface area contributed by atoms with Crippen LogP contribution in [0.15, 0.2) is 29.6 Å². The van der Waals surface area contributed by atoms with Crippen molar-refractivity contribution in [3.05, 3.63) is 45.1 Å². The third-order valence-corrected chi connectivity index (χ3v) is 5.89. The molecule has 0 unspecified atom stereocenters. The van der Waals surface area contributed by atoms with Crippen LogP contribution in [0.1, 0.15) is 30.2 Å². The first-order chi connectivity index (χ1) is 11.3. The van der Waals surface area contributed by atoms with Crippen molar-refractivity contribution in [2.24, 2.45) is 0 Å². The molecule has 1 amide bonds. The Morgan fingerprint density at radius 3 is 2.71 bits per heavy atom. The maximum atomic E-state index is 12.1. The van der Waals surface area contributed by atoms with E-state index in [9.17, 15) is 4.79 Å². The van der Waals surface area contributed by atoms with E-state index >= 15 is 0 Å². The Kier molecular flexibility index (Phi) is 4.20. The first kappa shape index (κ1) is 16.7. The molecular weight excluding hydrogens is 342 g/mol. The van der Waals surface area contributed by atoms with Gasteiger partial charge in [0.1, 0.15) is 5.84 Å². The summed E-state index contributed by atoms with van der Waals surface area (Å²) in [5, 5.41) is 19.7. The molecule has 0 bridgehead atoms. The number of rotatable bonds is 2. The van der Waals surface area contributed by atoms with Crippen molar-refractivity contribution >= 4 is 34.7 Å². The van der Waals surface area contributed by atoms with Crippen molar-refractivity contribution < 1.29 is 4.79 Å². The zero-order valence-electron chi connectivity index (χ0n) is 13.4. The number of likely N-dealkylation sites (tertiary alicyclic amines) is 1. The normalized spacial score (nSPS) is 21.0. The number of thiophene rings is 1. The molecule has 1 N–H and O–H groups in total. The second-order valence-corrected chi connectivity index (χ2v) is 7.70. The highest BCUT2D eigenvalue weighted by molar-refractivity contribution is 7.10. The third-order valence-electron chi connectivity index (χ3n) is 4.43. The number of hydrogen-bond donors (Lipinski definition) is 1. The van der Waals surface area contributed by atoms with Gasteiger partial charge in [0.25, 0.3) is 0 Å². The average molecular weight is 358 g/mol. The van der Waals surface area contributed by atoms with Gasteiger partial charge in [-0.15, -0.1) is 11.3 Å². The number of nitriles is 1. The lowest BCUT2D eigenvalue weighted by Crippen LogP contribution is -2.46. The molecular formula is C18H16ClN3OS. The first-order valence-corrected chi connectivity index (χ1v) is 8.72. The van der Waals surface area contributed by atoms with Gasteiger partial charge in [-0.3, -0.25) is 10.2 Å². The van der Waals surface area contributed by atoms with Crippen LogP contribution in [-0.4, -0.2) is 23.7 Å². The van der Waals surface area contributed by atoms with Gasteiger partial charge in [0, 0.05) is 35.2 Å². The minimum atomic E-state index is -0.361. The highest BCUT2D eigenvalue weighted by Crippen LogP contribution is 2.41. The Morgan fingerprint density at radius 2 is 2.04 bits per heavy atom. The summed E-state index contributed by atoms with van der Waals surface area (Å²) in [5.41, 5.74) is 2.03. The van der Waals surface area contributed by atoms with Crippen LogP contribution >= 0.6 is 22.9 Å². The Bertz CT molecular complexity index is 863. The smallest absolute Gasteiger partial charge is 0.228 e. The molecule has 3 rings (SSSR count). The summed E-state index contributed by atoms with van der Waals surface area (Å²) in [6.07, 6.45) is 0.930. The van der Waals surface area contributed by atoms with Crippen molar-refractivity contribution in [3.63, 3.8) is 0 Å². The van der Waals surface area contributed by atoms with Crippen molar-refractivity contribution in [1.29, 1.82) is 10.7 Å². The van der Waals surface area contributed by atoms with Gasteiger partial charge in [-0.1, -0.05) is 18.5 Å². The number of hydrogen-bond acceptors (Lipinski definition) is 4. The topological polar surface area (TPSA) is 68.0 Å². The zero-order chi connectivity index (χ0) is 17.5. The van der Waals surface area contributed by atoms with Gasteiger partial charge >= 0.3 is 0 Å². The lowest BCUT2D eigenvalue weighted by Gasteiger charge is -2.36. The van der Waals surface area contributed by atoms with Gasteiger partial charge < -0.3 is 4.90 Å². The SMILES string of the molecule is CN1C(=N)C[C@](C)(c2cc(-c3cc(Cl)cc(C#N)c3)cs2)CC1=O. The van der Waals surface area contributed by atoms with Crippen LogP contribution in [0.25, 0.3) is 11.1 Å². The summed E-state index contributed by atoms with van der Waals surface area (Å²) in [4.78, 5) is 14.6. The summed E-state index contributed by atoms with van der Waals surface area (Å²) in [7, 11) is 1.65. The van der Waals surface area contributed by atoms with Crippen molar-refractivity contribution in [1.82, 2.24) is 4.90 Å². The van der Waals surface area contributed by atoms with Crippen LogP contribution in [0.2, 0.25) is 5.02 Å². The molecule has 1 fully saturated rings. The lowest BCUT2D eigenvalue weighted by molar-refractivity contribution is -0.128. The zero-order valence-corrected chi connectivity index (χ0v) is 15.0. The molecule has 0 radical (unpaired) electrons. The number of amidine groups is 1. The fraction of sp³-hybridized carbons (Fsp3) is 0.278. The standard InChI is InChI=1S/C18H16ClN3OS/c1-18(7-16(21)22(2)17(23)8-18)15-6-13(10-24-15)12-3-11(9-20)4-14(19)5-12/h3-6,10,21H,7-8H2,1-2H3/t18-/m0/s1. The molecule has 0 aliphatic carbocycles. The highest BCUT2D eigenvalue weighted by atomic mass is 35.5. The van der Waals surface area contributed by atoms with Crippen LogP contribution in [0.4, 0.5) is 0 Å². The third kappa shape index (κ3) is 2.95. The molecule has 24 heavy (non-hydrogen) atoms. The quantitative estimate of drug-likeness (QED) is 0.863. The molecule has 1 aromatic heterocycles. The van der Waals surface area contributed by atoms with E-state index in [1.807, 2.05) is 30.5 Å². The molecule has 122 valence electrons. The average Bonchev–Trinajstić information content (AvgIpc) is 3.03. The molecule has 2 aromatic rings. The number of benzene rings is 1. The van der Waals surface area contributed by atoms with E-state index in [2.05, 4.69) is 6.07 Å². The number of halogens is 1. The van der Waals surface area contributed by atoms with Crippen LogP contribution < -0.4 is 0 Å². The number of piperidine rings is 1. The highest BCUT2D eigenvalue weighted by Gasteiger charge is 2.39. The van der Waals surface area contributed by atoms with E-state index in [0.29, 0.717) is 29.3 Å². The van der Waals surface area contributed by atoms with E-state index in [4.69, 9.17) is 22.3 Å². The first-order valence-electron chi connectivity index (χ1n) is 7.46. The van der Waals surface area contributed by atoms with Crippen LogP contribution in [0.3, 0.4) is 0 Å². The van der Waals surface area contributed by atoms with Crippen molar-refractivity contribution in [3.8, 4) is 17.2 Å². The monoisotopic (exact) mass is 357 g/mol. The molecule has 1 aliphatic rings. The Balaban J connectivity index is 1.97. The molecule has 0 spiro atoms. The van der Waals surface area contributed by atoms with Crippen molar-refractivity contribution in [2.75, 3.05) is 7.05 Å². The van der Waals surface area contributed by atoms with Crippen molar-refractivity contribution in [2.45, 2.75) is 25.2 Å². The summed E-state index contributed by atoms with van der Waals surface area (Å²) >= 11 is 7.67. The minimum absolute atomic E-state index is 0.0294. The molecule has 2 heterocycles. The van der Waals surface area contributed by atoms with E-state index in [1.165, 1.54) is 4.90 Å². The number of nitrogens with zero attached hydrogens (tertiary/aromatic N) is 2. The molecule has 1 aliphatic heterocycles. The van der Waals surface area contributed by atoms with Gasteiger partial charge in [-0.05, 0) is 40.8 Å². The Labute approximate surface area is 149 Å². The van der Waals surface area contributed by atoms with E-state index < -0.39 is 0 Å². The van der Waals surface area contributed by atoms with E-state index in [1.54, 1.807) is 24.5 Å². The summed E-state index contributed by atoms with van der Waals surface area (Å²) in [6.45, 7) is 2.03. The van der Waals surface area contributed by atoms with E-state index in [0.717, 1.165) is 16.0 Å². The fourth-order valence-corrected chi connectivity index (χ4v) is 4.27. The number of carbonyl (C=O) groups is 1. The van der Waals surface area contributed by atoms with Gasteiger partial charge in [-0.2, -0.15) is 5.26 Å². The van der Waals surface area contributed by atoms with Gasteiger partial charge in [0.15, 0.2) is 0 Å². The molecule has 1 atom stereocenters. The largest absolute Gasteiger partial charge is 0.304 e. The maximum absolute atomic E-state index is 12.1. The number of nitrogens with one attached hydrogen (secondary N) is 1. The molecule has 0 saturated carbocycles. The summed E-state index contributed by atoms with van der Waals surface area (Å²) in [6, 6.07) is 9.43. The molecule has 6 heteroatoms. The van der Waals surface area contributed by atoms with Gasteiger partial charge in [-0.25, -0.2) is 0 Å². The molecule has 1 saturated heterocycles. The second kappa shape index (κ2) is 6.04. The van der Waals surface area contributed by atoms with Gasteiger partial charge in [0.2, 0.25) is 5.91 Å². The Morgan fingerprint density at radius 1 is 1.29 bits per heavy atom. The van der Waals surface area contributed by atoms with Gasteiger partial charge in [0.05, 0.1) is 11.6 Å². The Hall–Kier alpha value is -2.16. The van der Waals surface area contributed by atoms with E-state index in [-0.39, 0.29) is 11.3 Å². The second-order valence-electron chi connectivity index (χ2n) is 6.35. The summed E-state index contributed by atoms with van der Waals surface area (Å²) in [5.74, 6) is 0.316. The predicted molar refractivity (Wildman–Crippen MR) is 96.6 cm³/mol. The lowest BCUT2D eigenvalue weighted by atomic mass is 9.78. The molecule has 1 aromatic carbocycles. The maximum Gasteiger partial charge on any atom is 0.228 e. The van der Waals surface area contributed by atoms with Crippen LogP contribution in [-0.2, 0) is 10.2 Å². The fourth-order valence-electron chi connectivity index (χ4n) is 2.95. The van der Waals surface area contributed by atoms with Crippen LogP contribution in [0.5, 0.6) is 0 Å². The number of amides is 1. The van der Waals surface area contributed by atoms with Crippen LogP contribution in [0, 0.1) is 16.7 Å². The predicted octanol–water partition coefficient (Wildman–Crippen LogP) is 4.43. The molecule has 4 nitrogen and oxygen atoms in total. The number of carbonyl (C=O) groups excluding carboxylic acids is 1. The minimum Gasteiger partial charge on any atom is -0.304 e.